The van der Waals surface area contributed by atoms with Crippen LogP contribution in [0.5, 0.6) is 0 Å². The quantitative estimate of drug-likeness (QED) is 0.481. The highest BCUT2D eigenvalue weighted by Crippen LogP contribution is 2.14. The molecule has 0 radical (unpaired) electrons. The number of benzene rings is 1. The van der Waals surface area contributed by atoms with Crippen LogP contribution in [0, 0.1) is 18.6 Å². The first-order valence-electron chi connectivity index (χ1n) is 8.55. The Balaban J connectivity index is 1.49. The summed E-state index contributed by atoms with van der Waals surface area (Å²) in [6, 6.07) is 9.19. The van der Waals surface area contributed by atoms with Crippen LogP contribution in [0.4, 0.5) is 26.2 Å². The summed E-state index contributed by atoms with van der Waals surface area (Å²) in [7, 11) is -4.03. The van der Waals surface area contributed by atoms with Gasteiger partial charge in [0, 0.05) is 25.4 Å². The summed E-state index contributed by atoms with van der Waals surface area (Å²) in [6.45, 7) is 2.11. The van der Waals surface area contributed by atoms with Crippen LogP contribution in [0.15, 0.2) is 53.6 Å². The number of hydrogen-bond acceptors (Lipinski definition) is 7. The molecular formula is C18H18F2N6O2S. The van der Waals surface area contributed by atoms with Gasteiger partial charge in [-0.25, -0.2) is 26.9 Å². The zero-order chi connectivity index (χ0) is 20.9. The van der Waals surface area contributed by atoms with E-state index in [1.165, 1.54) is 0 Å². The Hall–Kier alpha value is -3.18. The summed E-state index contributed by atoms with van der Waals surface area (Å²) in [4.78, 5) is 3.73. The third kappa shape index (κ3) is 5.90. The van der Waals surface area contributed by atoms with Gasteiger partial charge in [-0.1, -0.05) is 6.07 Å². The number of aryl methyl sites for hydroxylation is 1. The summed E-state index contributed by atoms with van der Waals surface area (Å²) < 4.78 is 52.8. The Morgan fingerprint density at radius 3 is 2.17 bits per heavy atom. The van der Waals surface area contributed by atoms with E-state index in [0.29, 0.717) is 23.5 Å². The fraction of sp³-hybridized carbons (Fsp3) is 0.167. The Labute approximate surface area is 166 Å². The van der Waals surface area contributed by atoms with Crippen LogP contribution in [0.25, 0.3) is 0 Å². The molecule has 3 aromatic rings. The molecule has 11 heteroatoms. The molecular weight excluding hydrogens is 402 g/mol. The molecule has 0 atom stereocenters. The molecule has 29 heavy (non-hydrogen) atoms. The van der Waals surface area contributed by atoms with E-state index < -0.39 is 26.6 Å². The lowest BCUT2D eigenvalue weighted by Gasteiger charge is -2.09. The molecule has 2 aromatic heterocycles. The van der Waals surface area contributed by atoms with Crippen molar-refractivity contribution in [1.82, 2.24) is 19.9 Å². The van der Waals surface area contributed by atoms with Crippen LogP contribution in [0.1, 0.15) is 5.56 Å². The van der Waals surface area contributed by atoms with E-state index in [4.69, 9.17) is 0 Å². The van der Waals surface area contributed by atoms with E-state index in [1.807, 2.05) is 19.1 Å². The monoisotopic (exact) mass is 420 g/mol. The third-order valence-electron chi connectivity index (χ3n) is 3.70. The fourth-order valence-corrected chi connectivity index (χ4v) is 3.38. The van der Waals surface area contributed by atoms with E-state index >= 15 is 0 Å². The van der Waals surface area contributed by atoms with Crippen LogP contribution in [-0.2, 0) is 10.0 Å². The lowest BCUT2D eigenvalue weighted by Crippen LogP contribution is -2.29. The smallest absolute Gasteiger partial charge is 0.240 e. The summed E-state index contributed by atoms with van der Waals surface area (Å²) in [6.07, 6.45) is 1.73. The van der Waals surface area contributed by atoms with Crippen LogP contribution >= 0.6 is 0 Å². The Morgan fingerprint density at radius 1 is 0.897 bits per heavy atom. The van der Waals surface area contributed by atoms with E-state index in [9.17, 15) is 17.2 Å². The molecule has 0 aliphatic rings. The minimum absolute atomic E-state index is 0.0184. The largest absolute Gasteiger partial charge is 0.367 e. The first kappa shape index (κ1) is 20.6. The second kappa shape index (κ2) is 8.88. The molecule has 0 amide bonds. The second-order valence-corrected chi connectivity index (χ2v) is 7.85. The molecule has 3 rings (SSSR count). The predicted octanol–water partition coefficient (Wildman–Crippen LogP) is 2.59. The number of nitrogens with one attached hydrogen (secondary N) is 3. The number of pyridine rings is 1. The van der Waals surface area contributed by atoms with Gasteiger partial charge in [0.05, 0.1) is 4.90 Å². The lowest BCUT2D eigenvalue weighted by atomic mass is 10.3. The zero-order valence-corrected chi connectivity index (χ0v) is 16.2. The van der Waals surface area contributed by atoms with Gasteiger partial charge in [0.25, 0.3) is 0 Å². The van der Waals surface area contributed by atoms with Crippen LogP contribution in [0.3, 0.4) is 0 Å². The van der Waals surface area contributed by atoms with Crippen LogP contribution in [-0.4, -0.2) is 36.7 Å². The van der Waals surface area contributed by atoms with Gasteiger partial charge < -0.3 is 10.6 Å². The molecule has 3 N–H and O–H groups in total. The summed E-state index contributed by atoms with van der Waals surface area (Å²) >= 11 is 0. The molecule has 1 aromatic carbocycles. The van der Waals surface area contributed by atoms with Crippen molar-refractivity contribution in [2.75, 3.05) is 23.7 Å². The molecule has 2 heterocycles. The number of sulfonamides is 1. The van der Waals surface area contributed by atoms with Gasteiger partial charge in [0.1, 0.15) is 23.3 Å². The number of anilines is 3. The lowest BCUT2D eigenvalue weighted by molar-refractivity contribution is 0.562. The molecule has 152 valence electrons. The fourth-order valence-electron chi connectivity index (χ4n) is 2.31. The van der Waals surface area contributed by atoms with Gasteiger partial charge in [-0.05, 0) is 42.8 Å². The minimum Gasteiger partial charge on any atom is -0.367 e. The first-order chi connectivity index (χ1) is 13.8. The van der Waals surface area contributed by atoms with Crippen molar-refractivity contribution in [1.29, 1.82) is 0 Å². The van der Waals surface area contributed by atoms with E-state index in [0.717, 1.165) is 17.7 Å². The highest BCUT2D eigenvalue weighted by molar-refractivity contribution is 7.89. The zero-order valence-electron chi connectivity index (χ0n) is 15.4. The average molecular weight is 420 g/mol. The molecule has 0 fully saturated rings. The van der Waals surface area contributed by atoms with Crippen molar-refractivity contribution < 1.29 is 17.2 Å². The molecule has 0 saturated carbocycles. The summed E-state index contributed by atoms with van der Waals surface area (Å²) in [5.41, 5.74) is 1.04. The SMILES string of the molecule is Cc1ccc(Nc2ccc(NCCNS(=O)(=O)c3cc(F)cc(F)c3)nn2)nc1. The molecule has 0 saturated heterocycles. The van der Waals surface area contributed by atoms with Gasteiger partial charge >= 0.3 is 0 Å². The van der Waals surface area contributed by atoms with Gasteiger partial charge in [-0.2, -0.15) is 0 Å². The molecule has 0 spiro atoms. The maximum absolute atomic E-state index is 13.2. The van der Waals surface area contributed by atoms with E-state index in [-0.39, 0.29) is 13.1 Å². The van der Waals surface area contributed by atoms with Gasteiger partial charge in [0.15, 0.2) is 5.82 Å². The number of nitrogens with zero attached hydrogens (tertiary/aromatic N) is 3. The maximum Gasteiger partial charge on any atom is 0.240 e. The standard InChI is InChI=1S/C18H18F2N6O2S/c1-12-2-3-16(22-11-12)24-18-5-4-17(25-26-18)21-6-7-23-29(27,28)15-9-13(19)8-14(20)10-15/h2-5,8-11,23H,6-7H2,1H3,(H,21,25)(H,22,24,26). The van der Waals surface area contributed by atoms with Crippen molar-refractivity contribution >= 4 is 27.5 Å². The highest BCUT2D eigenvalue weighted by atomic mass is 32.2. The van der Waals surface area contributed by atoms with Crippen molar-refractivity contribution in [3.05, 3.63) is 65.9 Å². The van der Waals surface area contributed by atoms with Gasteiger partial charge in [0.2, 0.25) is 10.0 Å². The minimum atomic E-state index is -4.03. The van der Waals surface area contributed by atoms with Crippen molar-refractivity contribution in [2.24, 2.45) is 0 Å². The van der Waals surface area contributed by atoms with E-state index in [1.54, 1.807) is 18.3 Å². The average Bonchev–Trinajstić information content (AvgIpc) is 2.67. The third-order valence-corrected chi connectivity index (χ3v) is 5.14. The maximum atomic E-state index is 13.2. The molecule has 8 nitrogen and oxygen atoms in total. The predicted molar refractivity (Wildman–Crippen MR) is 104 cm³/mol. The number of hydrogen-bond donors (Lipinski definition) is 3. The summed E-state index contributed by atoms with van der Waals surface area (Å²) in [5, 5.41) is 13.9. The van der Waals surface area contributed by atoms with Crippen molar-refractivity contribution in [3.8, 4) is 0 Å². The Kier molecular flexibility index (Phi) is 6.29. The normalized spacial score (nSPS) is 11.3. The Morgan fingerprint density at radius 2 is 1.55 bits per heavy atom. The van der Waals surface area contributed by atoms with Crippen LogP contribution < -0.4 is 15.4 Å². The van der Waals surface area contributed by atoms with E-state index in [2.05, 4.69) is 30.5 Å². The first-order valence-corrected chi connectivity index (χ1v) is 10.0. The number of halogens is 2. The molecule has 0 bridgehead atoms. The number of rotatable bonds is 8. The van der Waals surface area contributed by atoms with Gasteiger partial charge in [-0.3, -0.25) is 0 Å². The highest BCUT2D eigenvalue weighted by Gasteiger charge is 2.15. The van der Waals surface area contributed by atoms with Gasteiger partial charge in [-0.15, -0.1) is 10.2 Å². The Bertz CT molecular complexity index is 1060. The van der Waals surface area contributed by atoms with Crippen molar-refractivity contribution in [3.63, 3.8) is 0 Å². The topological polar surface area (TPSA) is 109 Å². The molecule has 0 unspecified atom stereocenters. The second-order valence-electron chi connectivity index (χ2n) is 6.08. The number of aromatic nitrogens is 3. The molecule has 0 aliphatic carbocycles. The summed E-state index contributed by atoms with van der Waals surface area (Å²) in [5.74, 6) is -0.362. The van der Waals surface area contributed by atoms with Crippen LogP contribution in [0.2, 0.25) is 0 Å². The van der Waals surface area contributed by atoms with Crippen molar-refractivity contribution in [2.45, 2.75) is 11.8 Å². The molecule has 0 aliphatic heterocycles.